The summed E-state index contributed by atoms with van der Waals surface area (Å²) in [5.41, 5.74) is 1.41. The van der Waals surface area contributed by atoms with Crippen molar-refractivity contribution in [3.8, 4) is 0 Å². The quantitative estimate of drug-likeness (QED) is 0.647. The summed E-state index contributed by atoms with van der Waals surface area (Å²) in [5, 5.41) is 13.4. The van der Waals surface area contributed by atoms with Crippen LogP contribution in [0.3, 0.4) is 0 Å². The molecule has 9 nitrogen and oxygen atoms in total. The van der Waals surface area contributed by atoms with Crippen LogP contribution in [-0.2, 0) is 13.6 Å². The van der Waals surface area contributed by atoms with Gasteiger partial charge in [0.05, 0.1) is 5.69 Å². The van der Waals surface area contributed by atoms with E-state index in [0.29, 0.717) is 18.5 Å². The van der Waals surface area contributed by atoms with Gasteiger partial charge in [-0.1, -0.05) is 6.42 Å². The molecule has 146 valence electrons. The smallest absolute Gasteiger partial charge is 0.347 e. The van der Waals surface area contributed by atoms with Gasteiger partial charge in [0.1, 0.15) is 5.82 Å². The van der Waals surface area contributed by atoms with Crippen LogP contribution in [-0.4, -0.2) is 60.4 Å². The third kappa shape index (κ3) is 2.95. The first-order chi connectivity index (χ1) is 13.6. The lowest BCUT2D eigenvalue weighted by molar-refractivity contribution is 0.194. The van der Waals surface area contributed by atoms with Crippen molar-refractivity contribution in [3.05, 3.63) is 46.4 Å². The van der Waals surface area contributed by atoms with Gasteiger partial charge in [-0.15, -0.1) is 15.3 Å². The molecule has 1 saturated carbocycles. The van der Waals surface area contributed by atoms with Crippen molar-refractivity contribution >= 4 is 11.5 Å². The molecule has 0 radical (unpaired) electrons. The van der Waals surface area contributed by atoms with Crippen molar-refractivity contribution in [2.24, 2.45) is 7.05 Å². The van der Waals surface area contributed by atoms with Crippen molar-refractivity contribution in [2.75, 3.05) is 25.0 Å². The van der Waals surface area contributed by atoms with Crippen LogP contribution in [0.4, 0.5) is 5.82 Å². The minimum atomic E-state index is -0.213. The van der Waals surface area contributed by atoms with Crippen molar-refractivity contribution < 1.29 is 0 Å². The lowest BCUT2D eigenvalue weighted by Crippen LogP contribution is -2.58. The van der Waals surface area contributed by atoms with Crippen LogP contribution >= 0.6 is 0 Å². The number of likely N-dealkylation sites (N-methyl/N-ethyl adjacent to an activating group) is 1. The Morgan fingerprint density at radius 1 is 1.18 bits per heavy atom. The third-order valence-electron chi connectivity index (χ3n) is 6.00. The Morgan fingerprint density at radius 3 is 2.71 bits per heavy atom. The van der Waals surface area contributed by atoms with E-state index in [0.717, 1.165) is 36.1 Å². The minimum absolute atomic E-state index is 0.213. The summed E-state index contributed by atoms with van der Waals surface area (Å²) < 4.78 is 3.40. The highest BCUT2D eigenvalue weighted by Gasteiger charge is 2.32. The maximum absolute atomic E-state index is 11.7. The second kappa shape index (κ2) is 6.66. The van der Waals surface area contributed by atoms with Crippen LogP contribution in [0.1, 0.15) is 36.7 Å². The van der Waals surface area contributed by atoms with Gasteiger partial charge in [0.2, 0.25) is 0 Å². The summed E-state index contributed by atoms with van der Waals surface area (Å²) in [4.78, 5) is 20.3. The summed E-state index contributed by atoms with van der Waals surface area (Å²) in [6.07, 6.45) is 5.39. The highest BCUT2D eigenvalue weighted by atomic mass is 16.1. The molecule has 0 spiro atoms. The molecular weight excluding hydrogens is 356 g/mol. The molecule has 0 aromatic carbocycles. The van der Waals surface area contributed by atoms with Crippen molar-refractivity contribution in [3.63, 3.8) is 0 Å². The van der Waals surface area contributed by atoms with Crippen molar-refractivity contribution in [1.82, 2.24) is 34.3 Å². The summed E-state index contributed by atoms with van der Waals surface area (Å²) in [7, 11) is 3.79. The first-order valence-electron chi connectivity index (χ1n) is 9.78. The Balaban J connectivity index is 1.26. The predicted molar refractivity (Wildman–Crippen MR) is 104 cm³/mol. The van der Waals surface area contributed by atoms with Crippen LogP contribution in [0.25, 0.3) is 5.65 Å². The van der Waals surface area contributed by atoms with E-state index in [1.165, 1.54) is 23.8 Å². The highest BCUT2D eigenvalue weighted by Crippen LogP contribution is 2.35. The molecule has 0 N–H and O–H groups in total. The topological polar surface area (TPSA) is 84.5 Å². The number of aromatic nitrogens is 6. The van der Waals surface area contributed by atoms with Crippen LogP contribution in [0.5, 0.6) is 0 Å². The van der Waals surface area contributed by atoms with E-state index in [4.69, 9.17) is 5.10 Å². The molecule has 1 saturated heterocycles. The molecule has 5 rings (SSSR count). The van der Waals surface area contributed by atoms with Gasteiger partial charge in [-0.05, 0) is 38.1 Å². The molecule has 1 aliphatic heterocycles. The molecular formula is C19H24N8O. The van der Waals surface area contributed by atoms with Gasteiger partial charge < -0.3 is 9.47 Å². The molecule has 3 aromatic rings. The summed E-state index contributed by atoms with van der Waals surface area (Å²) in [5.74, 6) is 2.46. The highest BCUT2D eigenvalue weighted by molar-refractivity contribution is 5.48. The monoisotopic (exact) mass is 380 g/mol. The van der Waals surface area contributed by atoms with Gasteiger partial charge in [0.25, 0.3) is 0 Å². The molecule has 28 heavy (non-hydrogen) atoms. The second-order valence-corrected chi connectivity index (χ2v) is 7.93. The summed E-state index contributed by atoms with van der Waals surface area (Å²) in [6.45, 7) is 2.47. The summed E-state index contributed by atoms with van der Waals surface area (Å²) in [6, 6.07) is 6.33. The summed E-state index contributed by atoms with van der Waals surface area (Å²) >= 11 is 0. The second-order valence-electron chi connectivity index (χ2n) is 7.93. The molecule has 2 aliphatic rings. The average Bonchev–Trinajstić information content (AvgIpc) is 2.99. The molecule has 0 atom stereocenters. The fourth-order valence-corrected chi connectivity index (χ4v) is 3.78. The maximum atomic E-state index is 11.7. The Hall–Kier alpha value is -2.81. The third-order valence-corrected chi connectivity index (χ3v) is 6.00. The number of aryl methyl sites for hydroxylation is 1. The molecule has 9 heteroatoms. The Morgan fingerprint density at radius 2 is 2.00 bits per heavy atom. The normalized spacial score (nSPS) is 17.9. The zero-order valence-electron chi connectivity index (χ0n) is 16.2. The van der Waals surface area contributed by atoms with E-state index in [9.17, 15) is 4.79 Å². The molecule has 0 amide bonds. The lowest BCUT2D eigenvalue weighted by Gasteiger charge is -2.44. The first kappa shape index (κ1) is 17.3. The van der Waals surface area contributed by atoms with E-state index in [-0.39, 0.29) is 5.69 Å². The number of nitrogens with zero attached hydrogens (tertiary/aromatic N) is 8. The van der Waals surface area contributed by atoms with E-state index < -0.39 is 0 Å². The average molecular weight is 380 g/mol. The van der Waals surface area contributed by atoms with Crippen molar-refractivity contribution in [2.45, 2.75) is 37.8 Å². The minimum Gasteiger partial charge on any atom is -0.352 e. The largest absolute Gasteiger partial charge is 0.352 e. The lowest BCUT2D eigenvalue weighted by atomic mass is 9.85. The Labute approximate surface area is 162 Å². The number of rotatable bonds is 5. The predicted octanol–water partition coefficient (Wildman–Crippen LogP) is 0.806. The fraction of sp³-hybridized carbons (Fsp3) is 0.526. The van der Waals surface area contributed by atoms with Crippen molar-refractivity contribution in [1.29, 1.82) is 0 Å². The van der Waals surface area contributed by atoms with Gasteiger partial charge in [0.15, 0.2) is 11.5 Å². The standard InChI is InChI=1S/C19H24N8O/c1-24-9-8-14(20-19(24)28)10-25(2)15-11-26(12-15)17-7-6-16-21-22-18(27(16)23-17)13-4-3-5-13/h6-9,13,15H,3-5,10-12H2,1-2H3. The fourth-order valence-electron chi connectivity index (χ4n) is 3.78. The van der Waals surface area contributed by atoms with Gasteiger partial charge in [0, 0.05) is 44.8 Å². The first-order valence-corrected chi connectivity index (χ1v) is 9.78. The van der Waals surface area contributed by atoms with E-state index in [1.54, 1.807) is 13.2 Å². The number of hydrogen-bond acceptors (Lipinski definition) is 7. The molecule has 2 fully saturated rings. The number of hydrogen-bond donors (Lipinski definition) is 0. The Kier molecular flexibility index (Phi) is 4.12. The molecule has 0 unspecified atom stereocenters. The van der Waals surface area contributed by atoms with E-state index in [1.807, 2.05) is 22.7 Å². The number of fused-ring (bicyclic) bond motifs is 1. The van der Waals surface area contributed by atoms with Crippen LogP contribution in [0.2, 0.25) is 0 Å². The molecule has 3 aromatic heterocycles. The van der Waals surface area contributed by atoms with Gasteiger partial charge in [-0.3, -0.25) is 4.90 Å². The van der Waals surface area contributed by atoms with E-state index >= 15 is 0 Å². The zero-order chi connectivity index (χ0) is 19.3. The zero-order valence-corrected chi connectivity index (χ0v) is 16.2. The molecule has 4 heterocycles. The SMILES string of the molecule is CN(Cc1ccn(C)c(=O)n1)C1CN(c2ccc3nnc(C4CCC4)n3n2)C1. The van der Waals surface area contributed by atoms with Gasteiger partial charge >= 0.3 is 5.69 Å². The number of anilines is 1. The van der Waals surface area contributed by atoms with E-state index in [2.05, 4.69) is 32.0 Å². The Bertz CT molecular complexity index is 1060. The van der Waals surface area contributed by atoms with Gasteiger partial charge in [-0.25, -0.2) is 4.79 Å². The maximum Gasteiger partial charge on any atom is 0.347 e. The van der Waals surface area contributed by atoms with Crippen LogP contribution in [0.15, 0.2) is 29.2 Å². The molecule has 1 aliphatic carbocycles. The van der Waals surface area contributed by atoms with Gasteiger partial charge in [-0.2, -0.15) is 9.50 Å². The van der Waals surface area contributed by atoms with Crippen LogP contribution < -0.4 is 10.6 Å². The molecule has 0 bridgehead atoms. The van der Waals surface area contributed by atoms with Crippen LogP contribution in [0, 0.1) is 0 Å².